The van der Waals surface area contributed by atoms with Gasteiger partial charge in [-0.2, -0.15) is 13.2 Å². The molecule has 1 N–H and O–H groups in total. The van der Waals surface area contributed by atoms with Crippen LogP contribution < -0.4 is 14.4 Å². The van der Waals surface area contributed by atoms with Crippen LogP contribution in [0, 0.1) is 6.92 Å². The monoisotopic (exact) mass is 611 g/mol. The predicted molar refractivity (Wildman–Crippen MR) is 149 cm³/mol. The summed E-state index contributed by atoms with van der Waals surface area (Å²) in [5.41, 5.74) is -0.328. The Balaban J connectivity index is 2.11. The van der Waals surface area contributed by atoms with Crippen molar-refractivity contribution in [3.05, 3.63) is 88.4 Å². The number of amides is 2. The molecule has 2 amide bonds. The lowest BCUT2D eigenvalue weighted by molar-refractivity contribution is -0.139. The first-order chi connectivity index (χ1) is 19.2. The van der Waals surface area contributed by atoms with E-state index in [-0.39, 0.29) is 11.4 Å². The maximum atomic E-state index is 13.8. The maximum absolute atomic E-state index is 13.8. The molecule has 13 heteroatoms. The number of hydrogen-bond donors (Lipinski definition) is 1. The number of carbonyl (C=O) groups is 2. The average Bonchev–Trinajstić information content (AvgIpc) is 2.94. The van der Waals surface area contributed by atoms with Crippen LogP contribution in [0.25, 0.3) is 0 Å². The fraction of sp³-hybridized carbons (Fsp3) is 0.286. The molecule has 0 radical (unpaired) electrons. The molecule has 0 fully saturated rings. The number of methoxy groups -OCH3 is 1. The first-order valence-corrected chi connectivity index (χ1v) is 14.1. The van der Waals surface area contributed by atoms with Crippen molar-refractivity contribution in [1.29, 1.82) is 0 Å². The molecule has 0 heterocycles. The van der Waals surface area contributed by atoms with Crippen LogP contribution in [-0.4, -0.2) is 51.9 Å². The minimum Gasteiger partial charge on any atom is -0.497 e. The lowest BCUT2D eigenvalue weighted by Crippen LogP contribution is -2.50. The Morgan fingerprint density at radius 2 is 1.63 bits per heavy atom. The molecule has 41 heavy (non-hydrogen) atoms. The first-order valence-electron chi connectivity index (χ1n) is 12.3. The summed E-state index contributed by atoms with van der Waals surface area (Å²) in [5.74, 6) is -0.786. The topological polar surface area (TPSA) is 96.0 Å². The van der Waals surface area contributed by atoms with Gasteiger partial charge in [-0.1, -0.05) is 41.4 Å². The number of benzene rings is 3. The molecule has 1 atom stereocenters. The molecule has 0 aromatic heterocycles. The highest BCUT2D eigenvalue weighted by atomic mass is 35.5. The van der Waals surface area contributed by atoms with Crippen molar-refractivity contribution < 1.29 is 35.9 Å². The molecular formula is C28H29ClF3N3O5S. The number of anilines is 1. The van der Waals surface area contributed by atoms with Gasteiger partial charge in [0.15, 0.2) is 0 Å². The minimum atomic E-state index is -4.88. The number of rotatable bonds is 10. The zero-order valence-corrected chi connectivity index (χ0v) is 24.3. The van der Waals surface area contributed by atoms with Gasteiger partial charge >= 0.3 is 6.18 Å². The summed E-state index contributed by atoms with van der Waals surface area (Å²) in [6.45, 7) is 2.21. The quantitative estimate of drug-likeness (QED) is 0.347. The van der Waals surface area contributed by atoms with E-state index in [1.807, 2.05) is 0 Å². The zero-order chi connectivity index (χ0) is 30.5. The van der Waals surface area contributed by atoms with Crippen molar-refractivity contribution in [2.45, 2.75) is 37.5 Å². The third-order valence-corrected chi connectivity index (χ3v) is 8.47. The first kappa shape index (κ1) is 31.8. The van der Waals surface area contributed by atoms with E-state index in [0.717, 1.165) is 22.6 Å². The highest BCUT2D eigenvalue weighted by molar-refractivity contribution is 7.92. The van der Waals surface area contributed by atoms with Gasteiger partial charge < -0.3 is 15.0 Å². The number of nitrogens with zero attached hydrogens (tertiary/aromatic N) is 2. The van der Waals surface area contributed by atoms with Crippen molar-refractivity contribution >= 4 is 39.1 Å². The number of likely N-dealkylation sites (N-methyl/N-ethyl adjacent to an activating group) is 1. The second kappa shape index (κ2) is 12.8. The fourth-order valence-corrected chi connectivity index (χ4v) is 5.60. The van der Waals surface area contributed by atoms with Crippen molar-refractivity contribution in [2.75, 3.05) is 25.0 Å². The predicted octanol–water partition coefficient (Wildman–Crippen LogP) is 5.03. The van der Waals surface area contributed by atoms with Crippen LogP contribution in [0.3, 0.4) is 0 Å². The number of nitrogens with one attached hydrogen (secondary N) is 1. The summed E-state index contributed by atoms with van der Waals surface area (Å²) in [6.07, 6.45) is -4.88. The summed E-state index contributed by atoms with van der Waals surface area (Å²) >= 11 is 5.78. The van der Waals surface area contributed by atoms with E-state index in [4.69, 9.17) is 16.3 Å². The summed E-state index contributed by atoms with van der Waals surface area (Å²) < 4.78 is 74.4. The van der Waals surface area contributed by atoms with Gasteiger partial charge in [0.05, 0.1) is 28.3 Å². The smallest absolute Gasteiger partial charge is 0.417 e. The van der Waals surface area contributed by atoms with Gasteiger partial charge in [-0.05, 0) is 61.9 Å². The van der Waals surface area contributed by atoms with Gasteiger partial charge in [-0.25, -0.2) is 8.42 Å². The second-order valence-electron chi connectivity index (χ2n) is 9.15. The summed E-state index contributed by atoms with van der Waals surface area (Å²) in [7, 11) is -1.68. The second-order valence-corrected chi connectivity index (χ2v) is 11.4. The van der Waals surface area contributed by atoms with Crippen LogP contribution in [0.1, 0.15) is 23.6 Å². The lowest BCUT2D eigenvalue weighted by Gasteiger charge is -2.32. The number of carbonyl (C=O) groups excluding carboxylic acids is 2. The van der Waals surface area contributed by atoms with Crippen molar-refractivity contribution in [1.82, 2.24) is 10.2 Å². The van der Waals surface area contributed by atoms with Crippen LogP contribution in [0.15, 0.2) is 71.6 Å². The molecule has 3 aromatic rings. The molecular weight excluding hydrogens is 583 g/mol. The molecule has 0 saturated carbocycles. The standard InChI is InChI=1S/C28H29ClF3N3O5S/c1-18-5-12-23(13-6-18)41(38,39)35(21-9-14-25(29)24(15-21)28(30,31)32)17-26(36)34(19(2)27(37)33-3)16-20-7-10-22(40-4)11-8-20/h5-15,19H,16-17H2,1-4H3,(H,33,37)/t19-/m1/s1. The Bertz CT molecular complexity index is 1500. The Labute approximate surface area is 241 Å². The number of alkyl halides is 3. The van der Waals surface area contributed by atoms with E-state index in [2.05, 4.69) is 5.32 Å². The molecule has 0 aliphatic carbocycles. The van der Waals surface area contributed by atoms with Crippen molar-refractivity contribution in [2.24, 2.45) is 0 Å². The van der Waals surface area contributed by atoms with Gasteiger partial charge in [0, 0.05) is 13.6 Å². The average molecular weight is 612 g/mol. The number of halogens is 4. The number of ether oxygens (including phenoxy) is 1. The Morgan fingerprint density at radius 1 is 1.02 bits per heavy atom. The molecule has 3 rings (SSSR count). The molecule has 0 saturated heterocycles. The van der Waals surface area contributed by atoms with Crippen LogP contribution in [0.2, 0.25) is 5.02 Å². The summed E-state index contributed by atoms with van der Waals surface area (Å²) in [5, 5.41) is 1.83. The molecule has 3 aromatic carbocycles. The van der Waals surface area contributed by atoms with Gasteiger partial charge in [-0.15, -0.1) is 0 Å². The molecule has 0 bridgehead atoms. The number of hydrogen-bond acceptors (Lipinski definition) is 5. The lowest BCUT2D eigenvalue weighted by atomic mass is 10.1. The molecule has 8 nitrogen and oxygen atoms in total. The Hall–Kier alpha value is -3.77. The molecule has 0 aliphatic rings. The van der Waals surface area contributed by atoms with E-state index in [9.17, 15) is 31.2 Å². The Morgan fingerprint density at radius 3 is 2.17 bits per heavy atom. The summed E-state index contributed by atoms with van der Waals surface area (Å²) in [4.78, 5) is 27.2. The maximum Gasteiger partial charge on any atom is 0.417 e. The van der Waals surface area contributed by atoms with Gasteiger partial charge in [-0.3, -0.25) is 13.9 Å². The van der Waals surface area contributed by atoms with Gasteiger partial charge in [0.1, 0.15) is 18.3 Å². The third-order valence-electron chi connectivity index (χ3n) is 6.36. The highest BCUT2D eigenvalue weighted by Crippen LogP contribution is 2.38. The SMILES string of the molecule is CNC(=O)[C@@H](C)N(Cc1ccc(OC)cc1)C(=O)CN(c1ccc(Cl)c(C(F)(F)F)c1)S(=O)(=O)c1ccc(C)cc1. The van der Waals surface area contributed by atoms with Crippen molar-refractivity contribution in [3.8, 4) is 5.75 Å². The normalized spacial score (nSPS) is 12.4. The number of aryl methyl sites for hydroxylation is 1. The van der Waals surface area contributed by atoms with E-state index in [0.29, 0.717) is 21.7 Å². The van der Waals surface area contributed by atoms with E-state index in [1.54, 1.807) is 31.2 Å². The van der Waals surface area contributed by atoms with E-state index >= 15 is 0 Å². The van der Waals surface area contributed by atoms with Gasteiger partial charge in [0.2, 0.25) is 11.8 Å². The fourth-order valence-electron chi connectivity index (χ4n) is 3.97. The Kier molecular flexibility index (Phi) is 9.93. The van der Waals surface area contributed by atoms with Gasteiger partial charge in [0.25, 0.3) is 10.0 Å². The third kappa shape index (κ3) is 7.50. The van der Waals surface area contributed by atoms with Crippen LogP contribution in [0.4, 0.5) is 18.9 Å². The van der Waals surface area contributed by atoms with Crippen LogP contribution >= 0.6 is 11.6 Å². The van der Waals surface area contributed by atoms with E-state index in [1.165, 1.54) is 45.3 Å². The number of sulfonamides is 1. The largest absolute Gasteiger partial charge is 0.497 e. The van der Waals surface area contributed by atoms with Crippen molar-refractivity contribution in [3.63, 3.8) is 0 Å². The molecule has 220 valence electrons. The van der Waals surface area contributed by atoms with E-state index < -0.39 is 56.9 Å². The molecule has 0 unspecified atom stereocenters. The summed E-state index contributed by atoms with van der Waals surface area (Å²) in [6, 6.07) is 13.8. The highest BCUT2D eigenvalue weighted by Gasteiger charge is 2.36. The zero-order valence-electron chi connectivity index (χ0n) is 22.7. The molecule has 0 aliphatic heterocycles. The molecule has 0 spiro atoms. The van der Waals surface area contributed by atoms with Crippen LogP contribution in [0.5, 0.6) is 5.75 Å². The minimum absolute atomic E-state index is 0.0930. The van der Waals surface area contributed by atoms with Crippen LogP contribution in [-0.2, 0) is 32.3 Å².